The lowest BCUT2D eigenvalue weighted by atomic mass is 9.85. The third-order valence-electron chi connectivity index (χ3n) is 3.58. The fourth-order valence-corrected chi connectivity index (χ4v) is 2.58. The summed E-state index contributed by atoms with van der Waals surface area (Å²) in [5.74, 6) is 0. The zero-order valence-electron chi connectivity index (χ0n) is 10.7. The van der Waals surface area contributed by atoms with E-state index in [0.717, 1.165) is 32.3 Å². The minimum Gasteiger partial charge on any atom is -0.357 e. The first kappa shape index (κ1) is 12.6. The first-order valence-corrected chi connectivity index (χ1v) is 6.77. The van der Waals surface area contributed by atoms with Crippen LogP contribution in [-0.4, -0.2) is 6.61 Å². The van der Waals surface area contributed by atoms with Crippen molar-refractivity contribution in [3.63, 3.8) is 0 Å². The van der Waals surface area contributed by atoms with Crippen molar-refractivity contribution in [3.8, 4) is 0 Å². The molecule has 0 radical (unpaired) electrons. The van der Waals surface area contributed by atoms with Crippen molar-refractivity contribution in [2.75, 3.05) is 6.61 Å². The molecule has 1 aliphatic carbocycles. The maximum absolute atomic E-state index is 6.43. The van der Waals surface area contributed by atoms with Crippen molar-refractivity contribution in [3.05, 3.63) is 35.4 Å². The van der Waals surface area contributed by atoms with Crippen molar-refractivity contribution >= 4 is 0 Å². The highest BCUT2D eigenvalue weighted by atomic mass is 16.5. The highest BCUT2D eigenvalue weighted by Gasteiger charge is 2.32. The molecule has 94 valence electrons. The molecule has 0 aromatic heterocycles. The third-order valence-corrected chi connectivity index (χ3v) is 3.58. The summed E-state index contributed by atoms with van der Waals surface area (Å²) in [5.41, 5.74) is 8.45. The van der Waals surface area contributed by atoms with Gasteiger partial charge in [-0.15, -0.1) is 0 Å². The number of rotatable bonds is 5. The Bertz CT molecular complexity index is 364. The van der Waals surface area contributed by atoms with Crippen LogP contribution in [0.15, 0.2) is 24.3 Å². The highest BCUT2D eigenvalue weighted by Crippen LogP contribution is 2.34. The molecule has 1 atom stereocenters. The number of unbranched alkanes of at least 4 members (excludes halogenated alkanes) is 2. The van der Waals surface area contributed by atoms with Crippen LogP contribution in [0.25, 0.3) is 0 Å². The Labute approximate surface area is 104 Å². The lowest BCUT2D eigenvalue weighted by Gasteiger charge is -2.35. The van der Waals surface area contributed by atoms with Gasteiger partial charge in [0.1, 0.15) is 5.72 Å². The van der Waals surface area contributed by atoms with Gasteiger partial charge in [-0.3, -0.25) is 5.73 Å². The van der Waals surface area contributed by atoms with Crippen LogP contribution in [0.1, 0.15) is 50.2 Å². The van der Waals surface area contributed by atoms with Gasteiger partial charge in [0.05, 0.1) is 0 Å². The van der Waals surface area contributed by atoms with E-state index in [0.29, 0.717) is 0 Å². The van der Waals surface area contributed by atoms with E-state index in [1.807, 2.05) is 0 Å². The van der Waals surface area contributed by atoms with Gasteiger partial charge in [0.25, 0.3) is 0 Å². The minimum absolute atomic E-state index is 0.539. The van der Waals surface area contributed by atoms with Crippen LogP contribution < -0.4 is 5.73 Å². The van der Waals surface area contributed by atoms with Gasteiger partial charge in [-0.25, -0.2) is 0 Å². The van der Waals surface area contributed by atoms with Crippen molar-refractivity contribution in [2.45, 2.75) is 51.2 Å². The van der Waals surface area contributed by atoms with Gasteiger partial charge in [0, 0.05) is 12.2 Å². The zero-order chi connectivity index (χ0) is 12.1. The topological polar surface area (TPSA) is 35.2 Å². The largest absolute Gasteiger partial charge is 0.357 e. The lowest BCUT2D eigenvalue weighted by Crippen LogP contribution is -2.43. The highest BCUT2D eigenvalue weighted by molar-refractivity contribution is 5.34. The zero-order valence-corrected chi connectivity index (χ0v) is 10.7. The Morgan fingerprint density at radius 1 is 1.29 bits per heavy atom. The van der Waals surface area contributed by atoms with Crippen molar-refractivity contribution in [2.24, 2.45) is 5.73 Å². The molecule has 1 aliphatic rings. The van der Waals surface area contributed by atoms with Crippen LogP contribution in [0.2, 0.25) is 0 Å². The van der Waals surface area contributed by atoms with Gasteiger partial charge in [-0.1, -0.05) is 44.0 Å². The maximum atomic E-state index is 6.43. The fourth-order valence-electron chi connectivity index (χ4n) is 2.58. The predicted octanol–water partition coefficient (Wildman–Crippen LogP) is 3.34. The molecule has 0 fully saturated rings. The van der Waals surface area contributed by atoms with E-state index in [1.165, 1.54) is 24.0 Å². The molecule has 1 unspecified atom stereocenters. The Morgan fingerprint density at radius 3 is 2.94 bits per heavy atom. The van der Waals surface area contributed by atoms with E-state index < -0.39 is 5.72 Å². The number of ether oxygens (including phenoxy) is 1. The SMILES string of the molecule is CCCCCOC1(N)CCCc2ccccc21. The van der Waals surface area contributed by atoms with E-state index in [-0.39, 0.29) is 0 Å². The van der Waals surface area contributed by atoms with Crippen LogP contribution in [0.5, 0.6) is 0 Å². The first-order valence-electron chi connectivity index (χ1n) is 6.77. The fraction of sp³-hybridized carbons (Fsp3) is 0.600. The van der Waals surface area contributed by atoms with Gasteiger partial charge >= 0.3 is 0 Å². The molecule has 17 heavy (non-hydrogen) atoms. The predicted molar refractivity (Wildman–Crippen MR) is 70.7 cm³/mol. The summed E-state index contributed by atoms with van der Waals surface area (Å²) in [5, 5.41) is 0. The van der Waals surface area contributed by atoms with Gasteiger partial charge in [-0.2, -0.15) is 0 Å². The van der Waals surface area contributed by atoms with Gasteiger partial charge in [0.15, 0.2) is 0 Å². The Kier molecular flexibility index (Phi) is 4.19. The summed E-state index contributed by atoms with van der Waals surface area (Å²) < 4.78 is 5.98. The van der Waals surface area contributed by atoms with Crippen LogP contribution >= 0.6 is 0 Å². The minimum atomic E-state index is -0.539. The average molecular weight is 233 g/mol. The Morgan fingerprint density at radius 2 is 2.12 bits per heavy atom. The molecule has 0 spiro atoms. The van der Waals surface area contributed by atoms with E-state index in [4.69, 9.17) is 10.5 Å². The summed E-state index contributed by atoms with van der Waals surface area (Å²) in [7, 11) is 0. The van der Waals surface area contributed by atoms with Gasteiger partial charge in [-0.05, 0) is 31.2 Å². The van der Waals surface area contributed by atoms with Gasteiger partial charge in [0.2, 0.25) is 0 Å². The summed E-state index contributed by atoms with van der Waals surface area (Å²) in [6.45, 7) is 2.98. The number of benzene rings is 1. The number of hydrogen-bond acceptors (Lipinski definition) is 2. The molecule has 1 aromatic rings. The van der Waals surface area contributed by atoms with Crippen molar-refractivity contribution in [1.29, 1.82) is 0 Å². The number of nitrogens with two attached hydrogens (primary N) is 1. The second kappa shape index (κ2) is 5.65. The lowest BCUT2D eigenvalue weighted by molar-refractivity contribution is -0.0598. The van der Waals surface area contributed by atoms with Crippen LogP contribution in [-0.2, 0) is 16.9 Å². The number of hydrogen-bond donors (Lipinski definition) is 1. The standard InChI is InChI=1S/C15H23NO/c1-2-3-6-12-17-15(16)11-7-9-13-8-4-5-10-14(13)15/h4-5,8,10H,2-3,6-7,9,11-12,16H2,1H3. The maximum Gasteiger partial charge on any atom is 0.143 e. The van der Waals surface area contributed by atoms with Crippen LogP contribution in [0, 0.1) is 0 Å². The Balaban J connectivity index is 2.05. The van der Waals surface area contributed by atoms with E-state index in [1.54, 1.807) is 0 Å². The average Bonchev–Trinajstić information content (AvgIpc) is 2.36. The number of fused-ring (bicyclic) bond motifs is 1. The molecule has 0 bridgehead atoms. The summed E-state index contributed by atoms with van der Waals surface area (Å²) in [6.07, 6.45) is 6.75. The molecule has 0 saturated carbocycles. The van der Waals surface area contributed by atoms with E-state index in [9.17, 15) is 0 Å². The van der Waals surface area contributed by atoms with Crippen LogP contribution in [0.4, 0.5) is 0 Å². The molecule has 2 N–H and O–H groups in total. The van der Waals surface area contributed by atoms with Crippen molar-refractivity contribution in [1.82, 2.24) is 0 Å². The van der Waals surface area contributed by atoms with Crippen molar-refractivity contribution < 1.29 is 4.74 Å². The summed E-state index contributed by atoms with van der Waals surface area (Å²) >= 11 is 0. The van der Waals surface area contributed by atoms with Crippen LogP contribution in [0.3, 0.4) is 0 Å². The molecule has 0 saturated heterocycles. The molecule has 1 aromatic carbocycles. The second-order valence-corrected chi connectivity index (χ2v) is 4.96. The normalized spacial score (nSPS) is 23.4. The molecular formula is C15H23NO. The third kappa shape index (κ3) is 2.88. The van der Waals surface area contributed by atoms with E-state index in [2.05, 4.69) is 31.2 Å². The molecule has 2 heteroatoms. The van der Waals surface area contributed by atoms with E-state index >= 15 is 0 Å². The van der Waals surface area contributed by atoms with Gasteiger partial charge < -0.3 is 4.74 Å². The Hall–Kier alpha value is -0.860. The molecule has 0 amide bonds. The second-order valence-electron chi connectivity index (χ2n) is 4.96. The molecule has 0 aliphatic heterocycles. The monoisotopic (exact) mass is 233 g/mol. The quantitative estimate of drug-likeness (QED) is 0.625. The molecule has 2 nitrogen and oxygen atoms in total. The summed E-state index contributed by atoms with van der Waals surface area (Å²) in [4.78, 5) is 0. The molecule has 2 rings (SSSR count). The first-order chi connectivity index (χ1) is 8.26. The smallest absolute Gasteiger partial charge is 0.143 e. The molecular weight excluding hydrogens is 210 g/mol. The number of aryl methyl sites for hydroxylation is 1. The molecule has 0 heterocycles. The summed E-state index contributed by atoms with van der Waals surface area (Å²) in [6, 6.07) is 8.43.